The normalized spacial score (nSPS) is 7.71. The van der Waals surface area contributed by atoms with E-state index in [9.17, 15) is 9.59 Å². The Hall–Kier alpha value is -2.10. The number of carbonyl (C=O) groups is 2. The summed E-state index contributed by atoms with van der Waals surface area (Å²) in [5.41, 5.74) is 5.36. The van der Waals surface area contributed by atoms with E-state index in [1.165, 1.54) is 0 Å². The first-order valence-corrected chi connectivity index (χ1v) is 3.87. The van der Waals surface area contributed by atoms with Crippen molar-refractivity contribution in [1.29, 1.82) is 0 Å². The molecule has 0 bridgehead atoms. The van der Waals surface area contributed by atoms with Gasteiger partial charge >= 0.3 is 0 Å². The van der Waals surface area contributed by atoms with Gasteiger partial charge in [-0.05, 0) is 18.2 Å². The zero-order valence-electron chi connectivity index (χ0n) is 7.64. The van der Waals surface area contributed by atoms with E-state index in [-0.39, 0.29) is 0 Å². The molecule has 74 valence electrons. The molecule has 0 atom stereocenters. The summed E-state index contributed by atoms with van der Waals surface area (Å²) in [7, 11) is 0. The summed E-state index contributed by atoms with van der Waals surface area (Å²) < 4.78 is 0. The van der Waals surface area contributed by atoms with E-state index in [0.29, 0.717) is 6.41 Å². The smallest absolute Gasteiger partial charge is 0.240 e. The molecular formula is C10H12N2O2. The van der Waals surface area contributed by atoms with Gasteiger partial charge in [0.05, 0.1) is 0 Å². The van der Waals surface area contributed by atoms with Gasteiger partial charge in [-0.15, -0.1) is 0 Å². The number of rotatable bonds is 3. The van der Waals surface area contributed by atoms with Crippen LogP contribution in [0.25, 0.3) is 0 Å². The number of anilines is 1. The molecule has 14 heavy (non-hydrogen) atoms. The fourth-order valence-electron chi connectivity index (χ4n) is 0.602. The van der Waals surface area contributed by atoms with Crippen molar-refractivity contribution >= 4 is 18.0 Å². The van der Waals surface area contributed by atoms with Crippen molar-refractivity contribution in [2.75, 3.05) is 5.32 Å². The van der Waals surface area contributed by atoms with Gasteiger partial charge in [-0.2, -0.15) is 0 Å². The number of carbonyl (C=O) groups excluding carboxylic acids is 2. The highest BCUT2D eigenvalue weighted by atomic mass is 16.1. The average molecular weight is 192 g/mol. The van der Waals surface area contributed by atoms with Crippen molar-refractivity contribution in [2.24, 2.45) is 5.73 Å². The molecule has 4 nitrogen and oxygen atoms in total. The minimum absolute atomic E-state index is 0.481. The SMILES string of the molecule is C=CC(N)=O.O=CNc1ccccc1. The second kappa shape index (κ2) is 7.54. The van der Waals surface area contributed by atoms with Crippen LogP contribution in [-0.2, 0) is 9.59 Å². The molecule has 0 heterocycles. The van der Waals surface area contributed by atoms with E-state index in [4.69, 9.17) is 0 Å². The van der Waals surface area contributed by atoms with Crippen molar-refractivity contribution in [1.82, 2.24) is 0 Å². The van der Waals surface area contributed by atoms with Crippen LogP contribution in [0.3, 0.4) is 0 Å². The van der Waals surface area contributed by atoms with Crippen LogP contribution in [0.1, 0.15) is 0 Å². The minimum Gasteiger partial charge on any atom is -0.366 e. The maximum absolute atomic E-state index is 9.86. The largest absolute Gasteiger partial charge is 0.366 e. The first kappa shape index (κ1) is 11.9. The first-order valence-electron chi connectivity index (χ1n) is 3.87. The Bertz CT molecular complexity index is 296. The van der Waals surface area contributed by atoms with E-state index < -0.39 is 5.91 Å². The number of primary amides is 1. The van der Waals surface area contributed by atoms with Gasteiger partial charge < -0.3 is 11.1 Å². The fraction of sp³-hybridized carbons (Fsp3) is 0. The molecule has 2 amide bonds. The summed E-state index contributed by atoms with van der Waals surface area (Å²) in [5, 5.41) is 2.53. The zero-order chi connectivity index (χ0) is 10.8. The van der Waals surface area contributed by atoms with Crippen LogP contribution in [-0.4, -0.2) is 12.3 Å². The second-order valence-electron chi connectivity index (χ2n) is 2.23. The Kier molecular flexibility index (Phi) is 6.41. The number of hydrogen-bond donors (Lipinski definition) is 2. The highest BCUT2D eigenvalue weighted by molar-refractivity contribution is 5.84. The minimum atomic E-state index is -0.481. The van der Waals surface area contributed by atoms with Gasteiger partial charge in [0.2, 0.25) is 12.3 Å². The van der Waals surface area contributed by atoms with Crippen molar-refractivity contribution < 1.29 is 9.59 Å². The lowest BCUT2D eigenvalue weighted by atomic mass is 10.3. The summed E-state index contributed by atoms with van der Waals surface area (Å²) in [6, 6.07) is 9.29. The lowest BCUT2D eigenvalue weighted by molar-refractivity contribution is -0.113. The van der Waals surface area contributed by atoms with E-state index in [1.54, 1.807) is 0 Å². The van der Waals surface area contributed by atoms with Crippen molar-refractivity contribution in [3.05, 3.63) is 43.0 Å². The third kappa shape index (κ3) is 6.60. The molecule has 4 heteroatoms. The summed E-state index contributed by atoms with van der Waals surface area (Å²) in [5.74, 6) is -0.481. The predicted molar refractivity (Wildman–Crippen MR) is 55.5 cm³/mol. The van der Waals surface area contributed by atoms with Gasteiger partial charge in [-0.1, -0.05) is 24.8 Å². The predicted octanol–water partition coefficient (Wildman–Crippen LogP) is 0.913. The monoisotopic (exact) mass is 192 g/mol. The Balaban J connectivity index is 0.000000292. The Morgan fingerprint density at radius 3 is 2.21 bits per heavy atom. The summed E-state index contributed by atoms with van der Waals surface area (Å²) >= 11 is 0. The van der Waals surface area contributed by atoms with Crippen molar-refractivity contribution in [2.45, 2.75) is 0 Å². The molecule has 0 aliphatic carbocycles. The molecule has 1 rings (SSSR count). The zero-order valence-corrected chi connectivity index (χ0v) is 7.64. The van der Waals surface area contributed by atoms with Crippen LogP contribution in [0.2, 0.25) is 0 Å². The summed E-state index contributed by atoms with van der Waals surface area (Å²) in [6.07, 6.45) is 1.72. The van der Waals surface area contributed by atoms with Crippen molar-refractivity contribution in [3.8, 4) is 0 Å². The number of para-hydroxylation sites is 1. The van der Waals surface area contributed by atoms with Gasteiger partial charge in [0.1, 0.15) is 0 Å². The molecule has 3 N–H and O–H groups in total. The van der Waals surface area contributed by atoms with E-state index in [0.717, 1.165) is 11.8 Å². The number of nitrogens with two attached hydrogens (primary N) is 1. The van der Waals surface area contributed by atoms with Crippen LogP contribution in [0.15, 0.2) is 43.0 Å². The molecule has 0 unspecified atom stereocenters. The van der Waals surface area contributed by atoms with Gasteiger partial charge in [0.25, 0.3) is 0 Å². The van der Waals surface area contributed by atoms with Crippen LogP contribution < -0.4 is 11.1 Å². The first-order chi connectivity index (χ1) is 6.70. The van der Waals surface area contributed by atoms with Gasteiger partial charge in [-0.25, -0.2) is 0 Å². The highest BCUT2D eigenvalue weighted by Gasteiger charge is 1.81. The Morgan fingerprint density at radius 1 is 1.36 bits per heavy atom. The molecule has 0 aliphatic heterocycles. The molecule has 0 fully saturated rings. The molecule has 0 aliphatic rings. The van der Waals surface area contributed by atoms with E-state index in [1.807, 2.05) is 30.3 Å². The molecule has 1 aromatic carbocycles. The average Bonchev–Trinajstić information content (AvgIpc) is 2.21. The number of nitrogens with one attached hydrogen (secondary N) is 1. The standard InChI is InChI=1S/C7H7NO.C3H5NO/c9-6-8-7-4-2-1-3-5-7;1-2-3(4)5/h1-6H,(H,8,9);2H,1H2,(H2,4,5). The third-order valence-electron chi connectivity index (χ3n) is 1.20. The molecule has 0 radical (unpaired) electrons. The van der Waals surface area contributed by atoms with Gasteiger partial charge in [-0.3, -0.25) is 9.59 Å². The number of hydrogen-bond acceptors (Lipinski definition) is 2. The van der Waals surface area contributed by atoms with E-state index >= 15 is 0 Å². The Labute approximate surface area is 82.4 Å². The topological polar surface area (TPSA) is 72.2 Å². The summed E-state index contributed by atoms with van der Waals surface area (Å²) in [6.45, 7) is 3.09. The number of benzene rings is 1. The molecule has 0 saturated carbocycles. The molecule has 0 spiro atoms. The Morgan fingerprint density at radius 2 is 1.86 bits per heavy atom. The van der Waals surface area contributed by atoms with Crippen LogP contribution >= 0.6 is 0 Å². The van der Waals surface area contributed by atoms with Crippen LogP contribution in [0.5, 0.6) is 0 Å². The van der Waals surface area contributed by atoms with Crippen LogP contribution in [0, 0.1) is 0 Å². The van der Waals surface area contributed by atoms with E-state index in [2.05, 4.69) is 17.6 Å². The van der Waals surface area contributed by atoms with Crippen LogP contribution in [0.4, 0.5) is 5.69 Å². The highest BCUT2D eigenvalue weighted by Crippen LogP contribution is 2.01. The molecule has 1 aromatic rings. The maximum atomic E-state index is 9.86. The van der Waals surface area contributed by atoms with Crippen molar-refractivity contribution in [3.63, 3.8) is 0 Å². The summed E-state index contributed by atoms with van der Waals surface area (Å²) in [4.78, 5) is 19.3. The number of amides is 2. The molecule has 0 aromatic heterocycles. The fourth-order valence-corrected chi connectivity index (χ4v) is 0.602. The lowest BCUT2D eigenvalue weighted by Gasteiger charge is -1.93. The van der Waals surface area contributed by atoms with Gasteiger partial charge in [0.15, 0.2) is 0 Å². The maximum Gasteiger partial charge on any atom is 0.240 e. The second-order valence-corrected chi connectivity index (χ2v) is 2.23. The molecule has 0 saturated heterocycles. The molecular weight excluding hydrogens is 180 g/mol. The lowest BCUT2D eigenvalue weighted by Crippen LogP contribution is -2.04. The van der Waals surface area contributed by atoms with Gasteiger partial charge in [0, 0.05) is 5.69 Å². The third-order valence-corrected chi connectivity index (χ3v) is 1.20. The quantitative estimate of drug-likeness (QED) is 0.552.